The number of anilines is 1. The van der Waals surface area contributed by atoms with E-state index < -0.39 is 17.8 Å². The van der Waals surface area contributed by atoms with E-state index in [1.807, 2.05) is 6.92 Å². The molecular weight excluding hydrogens is 364 g/mol. The number of carbonyl (C=O) groups excluding carboxylic acids is 3. The third kappa shape index (κ3) is 3.66. The van der Waals surface area contributed by atoms with Crippen molar-refractivity contribution in [3.05, 3.63) is 53.6 Å². The lowest BCUT2D eigenvalue weighted by atomic mass is 10.1. The Kier molecular flexibility index (Phi) is 5.30. The number of rotatable bonds is 5. The van der Waals surface area contributed by atoms with Gasteiger partial charge in [0.15, 0.2) is 11.5 Å². The zero-order valence-electron chi connectivity index (χ0n) is 15.3. The second-order valence-electron chi connectivity index (χ2n) is 5.82. The summed E-state index contributed by atoms with van der Waals surface area (Å²) in [7, 11) is 1.51. The molecule has 1 aliphatic rings. The number of phenolic OH excluding ortho intramolecular Hbond substituents is 1. The van der Waals surface area contributed by atoms with Crippen LogP contribution in [0.15, 0.2) is 48.0 Å². The summed E-state index contributed by atoms with van der Waals surface area (Å²) in [6, 6.07) is 9.59. The number of aromatic hydroxyl groups is 1. The molecule has 0 spiro atoms. The molecule has 1 heterocycles. The number of ether oxygens (including phenoxy) is 2. The van der Waals surface area contributed by atoms with Gasteiger partial charge < -0.3 is 14.6 Å². The molecule has 2 N–H and O–H groups in total. The number of hydrogen-bond acceptors (Lipinski definition) is 6. The first kappa shape index (κ1) is 19.0. The Labute approximate surface area is 161 Å². The van der Waals surface area contributed by atoms with Crippen LogP contribution >= 0.6 is 0 Å². The lowest BCUT2D eigenvalue weighted by Gasteiger charge is -2.26. The van der Waals surface area contributed by atoms with Gasteiger partial charge in [0.25, 0.3) is 11.8 Å². The number of hydrogen-bond donors (Lipinski definition) is 2. The van der Waals surface area contributed by atoms with E-state index in [0.717, 1.165) is 4.90 Å². The number of urea groups is 1. The monoisotopic (exact) mass is 382 g/mol. The Morgan fingerprint density at radius 3 is 2.43 bits per heavy atom. The maximum atomic E-state index is 12.8. The second-order valence-corrected chi connectivity index (χ2v) is 5.82. The molecule has 0 saturated carbocycles. The summed E-state index contributed by atoms with van der Waals surface area (Å²) in [5.41, 5.74) is 0.548. The van der Waals surface area contributed by atoms with Crippen LogP contribution < -0.4 is 19.7 Å². The largest absolute Gasteiger partial charge is 0.508 e. The molecule has 2 aromatic carbocycles. The smallest absolute Gasteiger partial charge is 0.335 e. The lowest BCUT2D eigenvalue weighted by molar-refractivity contribution is -0.122. The van der Waals surface area contributed by atoms with Gasteiger partial charge >= 0.3 is 6.03 Å². The molecule has 1 saturated heterocycles. The van der Waals surface area contributed by atoms with Gasteiger partial charge in [-0.3, -0.25) is 14.9 Å². The van der Waals surface area contributed by atoms with Crippen LogP contribution in [-0.2, 0) is 9.59 Å². The number of phenols is 1. The summed E-state index contributed by atoms with van der Waals surface area (Å²) >= 11 is 0. The average molecular weight is 382 g/mol. The Hall–Kier alpha value is -3.81. The van der Waals surface area contributed by atoms with Gasteiger partial charge in [-0.1, -0.05) is 6.07 Å². The highest BCUT2D eigenvalue weighted by atomic mass is 16.5. The molecule has 144 valence electrons. The number of nitrogens with zero attached hydrogens (tertiary/aromatic N) is 1. The van der Waals surface area contributed by atoms with E-state index in [2.05, 4.69) is 5.32 Å². The molecule has 0 unspecified atom stereocenters. The number of carbonyl (C=O) groups is 3. The predicted molar refractivity (Wildman–Crippen MR) is 101 cm³/mol. The van der Waals surface area contributed by atoms with Crippen LogP contribution in [0.4, 0.5) is 10.5 Å². The van der Waals surface area contributed by atoms with E-state index in [1.54, 1.807) is 18.2 Å². The maximum absolute atomic E-state index is 12.8. The predicted octanol–water partition coefficient (Wildman–Crippen LogP) is 2.47. The van der Waals surface area contributed by atoms with Crippen LogP contribution in [0.25, 0.3) is 6.08 Å². The normalized spacial score (nSPS) is 15.6. The van der Waals surface area contributed by atoms with E-state index in [0.29, 0.717) is 23.7 Å². The van der Waals surface area contributed by atoms with E-state index in [-0.39, 0.29) is 17.0 Å². The van der Waals surface area contributed by atoms with Gasteiger partial charge in [-0.2, -0.15) is 0 Å². The maximum Gasteiger partial charge on any atom is 0.335 e. The van der Waals surface area contributed by atoms with Gasteiger partial charge in [0.05, 0.1) is 19.4 Å². The third-order valence-electron chi connectivity index (χ3n) is 4.01. The fourth-order valence-electron chi connectivity index (χ4n) is 2.71. The number of methoxy groups -OCH3 is 1. The van der Waals surface area contributed by atoms with Gasteiger partial charge in [-0.25, -0.2) is 9.69 Å². The molecule has 8 nitrogen and oxygen atoms in total. The molecule has 8 heteroatoms. The first-order valence-corrected chi connectivity index (χ1v) is 8.46. The molecule has 0 atom stereocenters. The van der Waals surface area contributed by atoms with E-state index in [9.17, 15) is 19.5 Å². The number of amides is 4. The topological polar surface area (TPSA) is 105 Å². The molecule has 0 bridgehead atoms. The van der Waals surface area contributed by atoms with Crippen LogP contribution in [0.5, 0.6) is 17.2 Å². The summed E-state index contributed by atoms with van der Waals surface area (Å²) in [4.78, 5) is 38.1. The van der Waals surface area contributed by atoms with E-state index in [4.69, 9.17) is 9.47 Å². The van der Waals surface area contributed by atoms with Crippen molar-refractivity contribution in [3.8, 4) is 17.2 Å². The average Bonchev–Trinajstić information content (AvgIpc) is 2.67. The van der Waals surface area contributed by atoms with Gasteiger partial charge in [-0.05, 0) is 55.0 Å². The van der Waals surface area contributed by atoms with Gasteiger partial charge in [0.1, 0.15) is 11.3 Å². The van der Waals surface area contributed by atoms with Gasteiger partial charge in [0, 0.05) is 0 Å². The Morgan fingerprint density at radius 1 is 1.07 bits per heavy atom. The van der Waals surface area contributed by atoms with Crippen LogP contribution in [0.3, 0.4) is 0 Å². The second kappa shape index (κ2) is 7.83. The summed E-state index contributed by atoms with van der Waals surface area (Å²) < 4.78 is 10.7. The minimum Gasteiger partial charge on any atom is -0.508 e. The minimum atomic E-state index is -0.859. The third-order valence-corrected chi connectivity index (χ3v) is 4.01. The first-order valence-electron chi connectivity index (χ1n) is 8.46. The molecule has 1 fully saturated rings. The molecule has 3 rings (SSSR count). The first-order chi connectivity index (χ1) is 13.4. The molecule has 0 aliphatic carbocycles. The van der Waals surface area contributed by atoms with E-state index >= 15 is 0 Å². The van der Waals surface area contributed by atoms with E-state index in [1.165, 1.54) is 37.5 Å². The molecule has 1 aliphatic heterocycles. The molecular formula is C20H18N2O6. The zero-order valence-corrected chi connectivity index (χ0v) is 15.3. The number of nitrogens with one attached hydrogen (secondary N) is 1. The summed E-state index contributed by atoms with van der Waals surface area (Å²) in [5, 5.41) is 11.5. The fraction of sp³-hybridized carbons (Fsp3) is 0.150. The summed E-state index contributed by atoms with van der Waals surface area (Å²) in [5.74, 6) is -0.590. The van der Waals surface area contributed by atoms with Gasteiger partial charge in [0.2, 0.25) is 0 Å². The van der Waals surface area contributed by atoms with Crippen molar-refractivity contribution in [2.24, 2.45) is 0 Å². The van der Waals surface area contributed by atoms with Crippen molar-refractivity contribution in [2.45, 2.75) is 6.92 Å². The quantitative estimate of drug-likeness (QED) is 0.608. The van der Waals surface area contributed by atoms with Crippen molar-refractivity contribution < 1.29 is 29.0 Å². The van der Waals surface area contributed by atoms with Crippen LogP contribution in [0.1, 0.15) is 12.5 Å². The molecule has 2 aromatic rings. The standard InChI is InChI=1S/C20H18N2O6/c1-3-28-17-11-12(4-9-16(17)27-2)10-15-18(24)21-20(26)22(19(15)25)13-5-7-14(23)8-6-13/h4-11,23H,3H2,1-2H3,(H,21,24,26)/b15-10+. The summed E-state index contributed by atoms with van der Waals surface area (Å²) in [6.07, 6.45) is 1.37. The van der Waals surface area contributed by atoms with Crippen LogP contribution in [0, 0.1) is 0 Å². The van der Waals surface area contributed by atoms with Crippen molar-refractivity contribution >= 4 is 29.6 Å². The lowest BCUT2D eigenvalue weighted by Crippen LogP contribution is -2.54. The fourth-order valence-corrected chi connectivity index (χ4v) is 2.71. The summed E-state index contributed by atoms with van der Waals surface area (Å²) in [6.45, 7) is 2.24. The SMILES string of the molecule is CCOc1cc(/C=C2\C(=O)NC(=O)N(c3ccc(O)cc3)C2=O)ccc1OC. The molecule has 0 radical (unpaired) electrons. The highest BCUT2D eigenvalue weighted by Gasteiger charge is 2.36. The Bertz CT molecular complexity index is 965. The minimum absolute atomic E-state index is 0.0119. The van der Waals surface area contributed by atoms with Crippen LogP contribution in [-0.4, -0.2) is 36.7 Å². The Balaban J connectivity index is 1.99. The molecule has 4 amide bonds. The van der Waals surface area contributed by atoms with Crippen molar-refractivity contribution in [2.75, 3.05) is 18.6 Å². The highest BCUT2D eigenvalue weighted by Crippen LogP contribution is 2.30. The Morgan fingerprint density at radius 2 is 1.79 bits per heavy atom. The number of benzene rings is 2. The number of barbiturate groups is 1. The van der Waals surface area contributed by atoms with Crippen molar-refractivity contribution in [3.63, 3.8) is 0 Å². The number of imide groups is 2. The highest BCUT2D eigenvalue weighted by molar-refractivity contribution is 6.39. The molecule has 28 heavy (non-hydrogen) atoms. The van der Waals surface area contributed by atoms with Gasteiger partial charge in [-0.15, -0.1) is 0 Å². The molecule has 0 aromatic heterocycles. The van der Waals surface area contributed by atoms with Crippen LogP contribution in [0.2, 0.25) is 0 Å². The zero-order chi connectivity index (χ0) is 20.3. The van der Waals surface area contributed by atoms with Crippen molar-refractivity contribution in [1.29, 1.82) is 0 Å². The van der Waals surface area contributed by atoms with Crippen molar-refractivity contribution in [1.82, 2.24) is 5.32 Å².